The van der Waals surface area contributed by atoms with Gasteiger partial charge in [0.25, 0.3) is 0 Å². The van der Waals surface area contributed by atoms with E-state index in [2.05, 4.69) is 25.1 Å². The maximum absolute atomic E-state index is 13.0. The monoisotopic (exact) mass is 412 g/mol. The molecule has 4 heterocycles. The smallest absolute Gasteiger partial charge is 0.356 e. The Morgan fingerprint density at radius 1 is 1.10 bits per heavy atom. The molecule has 1 saturated heterocycles. The third-order valence-corrected chi connectivity index (χ3v) is 5.75. The van der Waals surface area contributed by atoms with Crippen molar-refractivity contribution in [3.05, 3.63) is 54.0 Å². The Morgan fingerprint density at radius 3 is 2.73 bits per heavy atom. The molecule has 0 amide bonds. The maximum Gasteiger partial charge on any atom is 0.416 e. The van der Waals surface area contributed by atoms with E-state index in [1.54, 1.807) is 12.3 Å². The third-order valence-electron chi connectivity index (χ3n) is 5.75. The zero-order valence-electron chi connectivity index (χ0n) is 16.0. The van der Waals surface area contributed by atoms with Crippen molar-refractivity contribution in [3.8, 4) is 0 Å². The molecule has 0 bridgehead atoms. The van der Waals surface area contributed by atoms with Gasteiger partial charge in [0.1, 0.15) is 12.1 Å². The predicted octanol–water partition coefficient (Wildman–Crippen LogP) is 4.47. The van der Waals surface area contributed by atoms with Crippen LogP contribution in [-0.4, -0.2) is 39.0 Å². The molecule has 1 aromatic carbocycles. The lowest BCUT2D eigenvalue weighted by Crippen LogP contribution is -2.36. The fraction of sp³-hybridized carbons (Fsp3) is 0.333. The average molecular weight is 412 g/mol. The lowest BCUT2D eigenvalue weighted by Gasteiger charge is -2.33. The lowest BCUT2D eigenvalue weighted by molar-refractivity contribution is -0.137. The minimum atomic E-state index is -4.35. The fourth-order valence-corrected chi connectivity index (χ4v) is 4.17. The summed E-state index contributed by atoms with van der Waals surface area (Å²) in [6.45, 7) is 1.67. The van der Waals surface area contributed by atoms with Gasteiger partial charge in [-0.1, -0.05) is 18.2 Å². The van der Waals surface area contributed by atoms with Crippen LogP contribution >= 0.6 is 0 Å². The molecule has 9 heteroatoms. The molecule has 1 N–H and O–H groups in total. The van der Waals surface area contributed by atoms with E-state index in [9.17, 15) is 13.2 Å². The van der Waals surface area contributed by atoms with E-state index < -0.39 is 11.7 Å². The largest absolute Gasteiger partial charge is 0.416 e. The lowest BCUT2D eigenvalue weighted by atomic mass is 9.90. The number of anilines is 1. The first kappa shape index (κ1) is 18.8. The van der Waals surface area contributed by atoms with Crippen LogP contribution in [0.2, 0.25) is 0 Å². The zero-order chi connectivity index (χ0) is 20.7. The molecule has 2 aliphatic heterocycles. The summed E-state index contributed by atoms with van der Waals surface area (Å²) in [4.78, 5) is 15.5. The van der Waals surface area contributed by atoms with Crippen molar-refractivity contribution in [1.29, 1.82) is 0 Å². The van der Waals surface area contributed by atoms with Gasteiger partial charge in [-0.15, -0.1) is 0 Å². The van der Waals surface area contributed by atoms with Gasteiger partial charge in [0, 0.05) is 36.7 Å². The van der Waals surface area contributed by atoms with E-state index in [1.807, 2.05) is 6.08 Å². The molecule has 2 aromatic heterocycles. The van der Waals surface area contributed by atoms with Crippen molar-refractivity contribution in [2.45, 2.75) is 25.4 Å². The molecule has 0 saturated carbocycles. The number of nitrogens with zero attached hydrogens (tertiary/aromatic N) is 5. The Bertz CT molecular complexity index is 1140. The maximum atomic E-state index is 13.0. The molecule has 0 spiro atoms. The Kier molecular flexibility index (Phi) is 4.52. The molecule has 5 rings (SSSR count). The van der Waals surface area contributed by atoms with Crippen molar-refractivity contribution in [2.24, 2.45) is 10.9 Å². The molecular formula is C21H19F3N6. The summed E-state index contributed by atoms with van der Waals surface area (Å²) >= 11 is 0. The van der Waals surface area contributed by atoms with Crippen molar-refractivity contribution in [2.75, 3.05) is 18.0 Å². The molecule has 0 unspecified atom stereocenters. The topological polar surface area (TPSA) is 70.1 Å². The van der Waals surface area contributed by atoms with E-state index in [0.717, 1.165) is 54.6 Å². The number of hydrogen-bond acceptors (Lipinski definition) is 5. The van der Waals surface area contributed by atoms with Crippen LogP contribution in [-0.2, 0) is 6.18 Å². The number of alkyl halides is 3. The summed E-state index contributed by atoms with van der Waals surface area (Å²) in [5, 5.41) is 7.81. The van der Waals surface area contributed by atoms with Gasteiger partial charge >= 0.3 is 6.18 Å². The number of aromatic nitrogens is 4. The molecular weight excluding hydrogens is 393 g/mol. The highest BCUT2D eigenvalue weighted by molar-refractivity contribution is 5.97. The van der Waals surface area contributed by atoms with Gasteiger partial charge in [-0.05, 0) is 25.0 Å². The first-order valence-electron chi connectivity index (χ1n) is 9.83. The number of piperidine rings is 1. The molecule has 154 valence electrons. The van der Waals surface area contributed by atoms with Gasteiger partial charge in [0.15, 0.2) is 5.65 Å². The van der Waals surface area contributed by atoms with Crippen molar-refractivity contribution in [1.82, 2.24) is 20.2 Å². The standard InChI is InChI=1S/C21H19F3N6/c22-21(23,24)15-3-1-2-14(10-15)18-5-4-17(28-18)13-6-8-30(9-7-13)20-16-11-27-29-19(16)25-12-26-20/h1-3,5,10-13H,4,6-9H2,(H,25,26,27,29). The SMILES string of the molecule is FC(F)(F)c1cccc(C2=CCC(C3CCN(c4ncnc5[nH]ncc45)CC3)=N2)c1. The Morgan fingerprint density at radius 2 is 1.93 bits per heavy atom. The van der Waals surface area contributed by atoms with E-state index in [-0.39, 0.29) is 0 Å². The zero-order valence-corrected chi connectivity index (χ0v) is 16.0. The summed E-state index contributed by atoms with van der Waals surface area (Å²) in [7, 11) is 0. The number of rotatable bonds is 3. The highest BCUT2D eigenvalue weighted by Crippen LogP contribution is 2.34. The third kappa shape index (κ3) is 3.44. The van der Waals surface area contributed by atoms with Gasteiger partial charge in [-0.3, -0.25) is 10.1 Å². The van der Waals surface area contributed by atoms with Crippen LogP contribution in [0, 0.1) is 5.92 Å². The van der Waals surface area contributed by atoms with Crippen molar-refractivity contribution < 1.29 is 13.2 Å². The second-order valence-electron chi connectivity index (χ2n) is 7.57. The van der Waals surface area contributed by atoms with Gasteiger partial charge in [-0.25, -0.2) is 9.97 Å². The highest BCUT2D eigenvalue weighted by Gasteiger charge is 2.31. The molecule has 0 aliphatic carbocycles. The molecule has 0 radical (unpaired) electrons. The summed E-state index contributed by atoms with van der Waals surface area (Å²) in [6, 6.07) is 5.38. The summed E-state index contributed by atoms with van der Waals surface area (Å²) in [5.41, 5.74) is 2.28. The number of fused-ring (bicyclic) bond motifs is 1. The van der Waals surface area contributed by atoms with Crippen molar-refractivity contribution >= 4 is 28.3 Å². The second-order valence-corrected chi connectivity index (χ2v) is 7.57. The van der Waals surface area contributed by atoms with E-state index in [1.165, 1.54) is 18.5 Å². The Labute approximate surface area is 170 Å². The average Bonchev–Trinajstić information content (AvgIpc) is 3.43. The van der Waals surface area contributed by atoms with Crippen LogP contribution in [0.15, 0.2) is 47.9 Å². The van der Waals surface area contributed by atoms with Crippen molar-refractivity contribution in [3.63, 3.8) is 0 Å². The van der Waals surface area contributed by atoms with Crippen LogP contribution in [0.5, 0.6) is 0 Å². The number of aliphatic imine (C=N–C) groups is 1. The van der Waals surface area contributed by atoms with Crippen LogP contribution in [0.3, 0.4) is 0 Å². The van der Waals surface area contributed by atoms with Crippen LogP contribution in [0.4, 0.5) is 19.0 Å². The van der Waals surface area contributed by atoms with Crippen LogP contribution in [0.25, 0.3) is 16.7 Å². The number of halogens is 3. The van der Waals surface area contributed by atoms with Gasteiger partial charge in [0.2, 0.25) is 0 Å². The summed E-state index contributed by atoms with van der Waals surface area (Å²) in [5.74, 6) is 1.20. The number of hydrogen-bond donors (Lipinski definition) is 1. The van der Waals surface area contributed by atoms with Crippen LogP contribution < -0.4 is 4.90 Å². The summed E-state index contributed by atoms with van der Waals surface area (Å²) in [6.07, 6.45) is 3.39. The molecule has 2 aliphatic rings. The predicted molar refractivity (Wildman–Crippen MR) is 108 cm³/mol. The Balaban J connectivity index is 1.28. The first-order chi connectivity index (χ1) is 14.5. The van der Waals surface area contributed by atoms with E-state index in [4.69, 9.17) is 4.99 Å². The quantitative estimate of drug-likeness (QED) is 0.689. The van der Waals surface area contributed by atoms with Crippen LogP contribution in [0.1, 0.15) is 30.4 Å². The number of allylic oxidation sites excluding steroid dienone is 1. The number of H-pyrrole nitrogens is 1. The fourth-order valence-electron chi connectivity index (χ4n) is 4.17. The number of benzene rings is 1. The first-order valence-corrected chi connectivity index (χ1v) is 9.83. The minimum absolute atomic E-state index is 0.322. The number of nitrogens with one attached hydrogen (secondary N) is 1. The van der Waals surface area contributed by atoms with Gasteiger partial charge < -0.3 is 4.90 Å². The van der Waals surface area contributed by atoms with Gasteiger partial charge in [-0.2, -0.15) is 18.3 Å². The number of aromatic amines is 1. The minimum Gasteiger partial charge on any atom is -0.356 e. The molecule has 3 aromatic rings. The summed E-state index contributed by atoms with van der Waals surface area (Å²) < 4.78 is 39.0. The van der Waals surface area contributed by atoms with E-state index >= 15 is 0 Å². The molecule has 30 heavy (non-hydrogen) atoms. The molecule has 6 nitrogen and oxygen atoms in total. The highest BCUT2D eigenvalue weighted by atomic mass is 19.4. The Hall–Kier alpha value is -3.23. The second kappa shape index (κ2) is 7.23. The van der Waals surface area contributed by atoms with Gasteiger partial charge in [0.05, 0.1) is 22.8 Å². The molecule has 0 atom stereocenters. The van der Waals surface area contributed by atoms with E-state index in [0.29, 0.717) is 23.6 Å². The normalized spacial score (nSPS) is 18.0. The molecule has 1 fully saturated rings.